The van der Waals surface area contributed by atoms with Gasteiger partial charge in [-0.25, -0.2) is 8.78 Å². The fourth-order valence-corrected chi connectivity index (χ4v) is 5.49. The molecule has 1 saturated heterocycles. The average Bonchev–Trinajstić information content (AvgIpc) is 3.17. The van der Waals surface area contributed by atoms with E-state index in [1.165, 1.54) is 11.3 Å². The van der Waals surface area contributed by atoms with Gasteiger partial charge in [0.05, 0.1) is 48.3 Å². The minimum Gasteiger partial charge on any atom is -0.498 e. The molecule has 0 N–H and O–H groups in total. The van der Waals surface area contributed by atoms with Gasteiger partial charge in [0.2, 0.25) is 0 Å². The van der Waals surface area contributed by atoms with E-state index in [1.54, 1.807) is 11.0 Å². The zero-order valence-corrected chi connectivity index (χ0v) is 18.5. The number of allylic oxidation sites excluding steroid dienone is 1. The molecule has 1 fully saturated rings. The number of morpholine rings is 1. The Bertz CT molecular complexity index is 1010. The van der Waals surface area contributed by atoms with Crippen LogP contribution in [0.25, 0.3) is 10.6 Å². The van der Waals surface area contributed by atoms with E-state index >= 15 is 8.78 Å². The number of nitrogens with zero attached hydrogens (tertiary/aromatic N) is 3. The molecule has 9 heteroatoms. The molecule has 2 aliphatic rings. The van der Waals surface area contributed by atoms with Crippen molar-refractivity contribution in [3.05, 3.63) is 40.6 Å². The number of fused-ring (bicyclic) bond motifs is 3. The minimum atomic E-state index is -0.958. The van der Waals surface area contributed by atoms with Crippen LogP contribution >= 0.6 is 11.3 Å². The number of anilines is 1. The maximum absolute atomic E-state index is 15.4. The van der Waals surface area contributed by atoms with Crippen molar-refractivity contribution in [3.63, 3.8) is 0 Å². The van der Waals surface area contributed by atoms with Crippen molar-refractivity contribution in [1.29, 1.82) is 0 Å². The van der Waals surface area contributed by atoms with Gasteiger partial charge in [0.15, 0.2) is 16.6 Å². The summed E-state index contributed by atoms with van der Waals surface area (Å²) in [5.41, 5.74) is 0.874. The summed E-state index contributed by atoms with van der Waals surface area (Å²) in [4.78, 5) is 13.6. The number of rotatable bonds is 6. The average molecular weight is 450 g/mol. The van der Waals surface area contributed by atoms with Crippen LogP contribution in [-0.4, -0.2) is 47.9 Å². The van der Waals surface area contributed by atoms with Crippen LogP contribution in [0.5, 0.6) is 0 Å². The molecule has 1 aromatic carbocycles. The van der Waals surface area contributed by atoms with Gasteiger partial charge in [-0.15, -0.1) is 10.2 Å². The quantitative estimate of drug-likeness (QED) is 0.492. The van der Waals surface area contributed by atoms with E-state index in [9.17, 15) is 4.79 Å². The monoisotopic (exact) mass is 449 g/mol. The molecule has 4 rings (SSSR count). The molecule has 2 aliphatic heterocycles. The molecule has 0 amide bonds. The van der Waals surface area contributed by atoms with Crippen molar-refractivity contribution in [2.24, 2.45) is 5.92 Å². The lowest BCUT2D eigenvalue weighted by Gasteiger charge is -2.49. The summed E-state index contributed by atoms with van der Waals surface area (Å²) >= 11 is 1.17. The summed E-state index contributed by atoms with van der Waals surface area (Å²) in [5.74, 6) is -1.70. The van der Waals surface area contributed by atoms with E-state index in [1.807, 2.05) is 20.8 Å². The molecule has 4 atom stereocenters. The number of hydrogen-bond donors (Lipinski definition) is 0. The van der Waals surface area contributed by atoms with Crippen LogP contribution in [0, 0.1) is 17.6 Å². The maximum atomic E-state index is 15.4. The Morgan fingerprint density at radius 3 is 2.87 bits per heavy atom. The van der Waals surface area contributed by atoms with Gasteiger partial charge in [-0.3, -0.25) is 0 Å². The van der Waals surface area contributed by atoms with Crippen molar-refractivity contribution < 1.29 is 23.0 Å². The predicted molar refractivity (Wildman–Crippen MR) is 114 cm³/mol. The summed E-state index contributed by atoms with van der Waals surface area (Å²) in [5, 5.41) is 9.02. The van der Waals surface area contributed by atoms with Crippen LogP contribution in [0.15, 0.2) is 18.4 Å². The number of carbonyl (C=O) groups is 1. The van der Waals surface area contributed by atoms with Gasteiger partial charge in [-0.2, -0.15) is 0 Å². The van der Waals surface area contributed by atoms with Gasteiger partial charge >= 0.3 is 0 Å². The maximum Gasteiger partial charge on any atom is 0.183 e. The third kappa shape index (κ3) is 3.96. The topological polar surface area (TPSA) is 64.5 Å². The van der Waals surface area contributed by atoms with E-state index in [0.29, 0.717) is 42.3 Å². The number of halogens is 2. The zero-order valence-electron chi connectivity index (χ0n) is 17.7. The SMILES string of the molecule is C=C(Cc1nnc(-c2cc3c(c(F)c2F)N2CC(C)O[C@H](C)[C@H]2C(C=O)C3)s1)OCC. The second kappa shape index (κ2) is 8.63. The standard InChI is InChI=1S/C22H25F2N3O3S/c1-5-29-11(2)6-17-25-26-22(31-17)16-8-14-7-15(10-28)20-13(4)30-12(3)9-27(20)21(14)19(24)18(16)23/h8,10,12-13,15,20H,2,5-7,9H2,1,3-4H3/t12?,13-,15?,20+/m1/s1. The molecule has 0 bridgehead atoms. The number of carbonyl (C=O) groups excluding carboxylic acids is 1. The summed E-state index contributed by atoms with van der Waals surface area (Å²) in [6, 6.07) is 1.28. The van der Waals surface area contributed by atoms with Crippen LogP contribution < -0.4 is 4.90 Å². The molecule has 2 aromatic rings. The molecule has 0 spiro atoms. The lowest BCUT2D eigenvalue weighted by molar-refractivity contribution is -0.115. The number of aromatic nitrogens is 2. The first-order chi connectivity index (χ1) is 14.8. The van der Waals surface area contributed by atoms with Gasteiger partial charge < -0.3 is 19.2 Å². The highest BCUT2D eigenvalue weighted by molar-refractivity contribution is 7.14. The normalized spacial score (nSPS) is 25.0. The van der Waals surface area contributed by atoms with Crippen LogP contribution in [0.2, 0.25) is 0 Å². The Balaban J connectivity index is 1.73. The predicted octanol–water partition coefficient (Wildman–Crippen LogP) is 3.93. The highest BCUT2D eigenvalue weighted by Crippen LogP contribution is 2.43. The molecule has 0 aliphatic carbocycles. The smallest absolute Gasteiger partial charge is 0.183 e. The van der Waals surface area contributed by atoms with Crippen molar-refractivity contribution >= 4 is 23.3 Å². The van der Waals surface area contributed by atoms with E-state index in [4.69, 9.17) is 9.47 Å². The highest BCUT2D eigenvalue weighted by Gasteiger charge is 2.44. The summed E-state index contributed by atoms with van der Waals surface area (Å²) < 4.78 is 41.8. The molecule has 31 heavy (non-hydrogen) atoms. The first-order valence-electron chi connectivity index (χ1n) is 10.4. The molecule has 3 heterocycles. The molecular weight excluding hydrogens is 424 g/mol. The first-order valence-corrected chi connectivity index (χ1v) is 11.2. The number of aldehydes is 1. The second-order valence-electron chi connectivity index (χ2n) is 8.01. The largest absolute Gasteiger partial charge is 0.498 e. The highest BCUT2D eigenvalue weighted by atomic mass is 32.1. The van der Waals surface area contributed by atoms with E-state index in [0.717, 1.165) is 6.29 Å². The molecular formula is C22H25F2N3O3S. The van der Waals surface area contributed by atoms with Gasteiger partial charge in [0.25, 0.3) is 0 Å². The Labute approximate surface area is 183 Å². The number of benzene rings is 1. The van der Waals surface area contributed by atoms with E-state index in [-0.39, 0.29) is 40.4 Å². The second-order valence-corrected chi connectivity index (χ2v) is 9.07. The summed E-state index contributed by atoms with van der Waals surface area (Å²) in [6.07, 6.45) is 1.15. The van der Waals surface area contributed by atoms with Gasteiger partial charge in [-0.05, 0) is 38.8 Å². The van der Waals surface area contributed by atoms with Crippen molar-refractivity contribution in [3.8, 4) is 10.6 Å². The van der Waals surface area contributed by atoms with E-state index < -0.39 is 11.6 Å². The van der Waals surface area contributed by atoms with Gasteiger partial charge in [-0.1, -0.05) is 17.9 Å². The lowest BCUT2D eigenvalue weighted by Crippen LogP contribution is -2.59. The third-order valence-electron chi connectivity index (χ3n) is 5.75. The molecule has 166 valence electrons. The Morgan fingerprint density at radius 1 is 1.39 bits per heavy atom. The van der Waals surface area contributed by atoms with Crippen LogP contribution in [0.3, 0.4) is 0 Å². The molecule has 6 nitrogen and oxygen atoms in total. The van der Waals surface area contributed by atoms with Crippen molar-refractivity contribution in [2.75, 3.05) is 18.1 Å². The Morgan fingerprint density at radius 2 is 2.16 bits per heavy atom. The van der Waals surface area contributed by atoms with Crippen LogP contribution in [0.1, 0.15) is 31.3 Å². The lowest BCUT2D eigenvalue weighted by atomic mass is 9.82. The summed E-state index contributed by atoms with van der Waals surface area (Å²) in [6.45, 7) is 10.3. The van der Waals surface area contributed by atoms with E-state index in [2.05, 4.69) is 16.8 Å². The molecule has 0 radical (unpaired) electrons. The van der Waals surface area contributed by atoms with Gasteiger partial charge in [0, 0.05) is 12.5 Å². The van der Waals surface area contributed by atoms with Crippen LogP contribution in [-0.2, 0) is 27.1 Å². The fourth-order valence-electron chi connectivity index (χ4n) is 4.61. The van der Waals surface area contributed by atoms with Gasteiger partial charge in [0.1, 0.15) is 11.3 Å². The third-order valence-corrected chi connectivity index (χ3v) is 6.71. The van der Waals surface area contributed by atoms with Crippen LogP contribution in [0.4, 0.5) is 14.5 Å². The molecule has 2 unspecified atom stereocenters. The number of ether oxygens (including phenoxy) is 2. The van der Waals surface area contributed by atoms with Crippen molar-refractivity contribution in [2.45, 2.75) is 51.9 Å². The fraction of sp³-hybridized carbons (Fsp3) is 0.500. The zero-order chi connectivity index (χ0) is 22.3. The minimum absolute atomic E-state index is 0.0551. The Kier molecular flexibility index (Phi) is 6.07. The summed E-state index contributed by atoms with van der Waals surface area (Å²) in [7, 11) is 0. The first kappa shape index (κ1) is 21.8. The van der Waals surface area contributed by atoms with Crippen molar-refractivity contribution in [1.82, 2.24) is 10.2 Å². The molecule has 1 aromatic heterocycles. The molecule has 0 saturated carbocycles. The number of hydrogen-bond acceptors (Lipinski definition) is 7. The Hall–Kier alpha value is -2.39.